The molecule has 2 atom stereocenters. The van der Waals surface area contributed by atoms with Gasteiger partial charge < -0.3 is 19.5 Å². The summed E-state index contributed by atoms with van der Waals surface area (Å²) in [5.74, 6) is 0.907. The molecular weight excluding hydrogens is 466 g/mol. The molecule has 6 nitrogen and oxygen atoms in total. The average Bonchev–Trinajstić information content (AvgIpc) is 2.86. The Labute approximate surface area is 223 Å². The number of nitrogens with one attached hydrogen (secondary N) is 1. The van der Waals surface area contributed by atoms with Crippen molar-refractivity contribution in [2.45, 2.75) is 79.1 Å². The maximum Gasteiger partial charge on any atom is 0.306 e. The zero-order valence-electron chi connectivity index (χ0n) is 23.7. The molecule has 0 fully saturated rings. The van der Waals surface area contributed by atoms with E-state index in [4.69, 9.17) is 14.2 Å². The fourth-order valence-electron chi connectivity index (χ4n) is 4.92. The van der Waals surface area contributed by atoms with E-state index >= 15 is 0 Å². The van der Waals surface area contributed by atoms with Gasteiger partial charge in [-0.25, -0.2) is 0 Å². The summed E-state index contributed by atoms with van der Waals surface area (Å²) in [5, 5.41) is 3.18. The smallest absolute Gasteiger partial charge is 0.306 e. The van der Waals surface area contributed by atoms with Gasteiger partial charge in [0.05, 0.1) is 26.7 Å². The van der Waals surface area contributed by atoms with Gasteiger partial charge in [-0.15, -0.1) is 0 Å². The molecule has 0 saturated carbocycles. The third kappa shape index (κ3) is 9.10. The fourth-order valence-corrected chi connectivity index (χ4v) is 4.92. The first-order valence-corrected chi connectivity index (χ1v) is 13.4. The predicted octanol–water partition coefficient (Wildman–Crippen LogP) is 7.16. The number of hydrogen-bond acceptors (Lipinski definition) is 5. The van der Waals surface area contributed by atoms with Gasteiger partial charge in [0.1, 0.15) is 11.5 Å². The highest BCUT2D eigenvalue weighted by Crippen LogP contribution is 2.45. The number of benzene rings is 2. The van der Waals surface area contributed by atoms with Crippen molar-refractivity contribution in [1.29, 1.82) is 0 Å². The Bertz CT molecular complexity index is 1010. The maximum absolute atomic E-state index is 13.9. The second-order valence-electron chi connectivity index (χ2n) is 10.5. The average molecular weight is 512 g/mol. The molecule has 2 unspecified atom stereocenters. The van der Waals surface area contributed by atoms with Crippen LogP contribution in [-0.4, -0.2) is 32.7 Å². The number of amides is 1. The lowest BCUT2D eigenvalue weighted by atomic mass is 9.68. The Kier molecular flexibility index (Phi) is 12.0. The lowest BCUT2D eigenvalue weighted by Crippen LogP contribution is -2.38. The summed E-state index contributed by atoms with van der Waals surface area (Å²) in [4.78, 5) is 25.7. The first kappa shape index (κ1) is 30.2. The van der Waals surface area contributed by atoms with E-state index in [1.807, 2.05) is 42.5 Å². The van der Waals surface area contributed by atoms with Crippen molar-refractivity contribution >= 4 is 17.6 Å². The van der Waals surface area contributed by atoms with Crippen molar-refractivity contribution in [2.75, 3.05) is 26.1 Å². The second-order valence-corrected chi connectivity index (χ2v) is 10.5. The van der Waals surface area contributed by atoms with E-state index in [1.54, 1.807) is 21.1 Å². The summed E-state index contributed by atoms with van der Waals surface area (Å²) in [7, 11) is 3.30. The first-order chi connectivity index (χ1) is 17.6. The Morgan fingerprint density at radius 2 is 1.73 bits per heavy atom. The number of ether oxygens (including phenoxy) is 3. The van der Waals surface area contributed by atoms with Crippen LogP contribution in [0.4, 0.5) is 5.69 Å². The standard InChI is InChI=1S/C31H45NO5/c1-8-10-11-15-26(25-18-17-24(35-6)21-27(25)36-7)29(31(3,4)5)30(34)32-23-14-12-13-22(20-23)16-19-28(33)37-9-2/h12-14,17-18,20-21,26,29H,8-11,15-16,19H2,1-7H3,(H,32,34). The molecule has 0 aliphatic heterocycles. The third-order valence-electron chi connectivity index (χ3n) is 6.69. The molecule has 2 aromatic carbocycles. The molecule has 204 valence electrons. The van der Waals surface area contributed by atoms with Crippen LogP contribution in [0.1, 0.15) is 83.8 Å². The van der Waals surface area contributed by atoms with Crippen LogP contribution in [0.5, 0.6) is 11.5 Å². The van der Waals surface area contributed by atoms with Crippen LogP contribution in [0.15, 0.2) is 42.5 Å². The normalized spacial score (nSPS) is 12.9. The zero-order valence-corrected chi connectivity index (χ0v) is 23.7. The monoisotopic (exact) mass is 511 g/mol. The highest BCUT2D eigenvalue weighted by Gasteiger charge is 2.39. The second kappa shape index (κ2) is 14.7. The minimum absolute atomic E-state index is 0.0191. The molecule has 0 aliphatic rings. The molecule has 6 heteroatoms. The molecule has 0 radical (unpaired) electrons. The SMILES string of the molecule is CCCCCC(c1ccc(OC)cc1OC)C(C(=O)Nc1cccc(CCC(=O)OCC)c1)C(C)(C)C. The molecule has 1 amide bonds. The summed E-state index contributed by atoms with van der Waals surface area (Å²) in [5.41, 5.74) is 2.44. The Hall–Kier alpha value is -3.02. The van der Waals surface area contributed by atoms with Gasteiger partial charge >= 0.3 is 5.97 Å². The highest BCUT2D eigenvalue weighted by atomic mass is 16.5. The summed E-state index contributed by atoms with van der Waals surface area (Å²) in [6.45, 7) is 10.7. The number of carbonyl (C=O) groups is 2. The van der Waals surface area contributed by atoms with E-state index in [0.717, 1.165) is 54.0 Å². The lowest BCUT2D eigenvalue weighted by molar-refractivity contribution is -0.143. The number of methoxy groups -OCH3 is 2. The van der Waals surface area contributed by atoms with Crippen molar-refractivity contribution in [3.05, 3.63) is 53.6 Å². The van der Waals surface area contributed by atoms with E-state index < -0.39 is 0 Å². The minimum atomic E-state index is -0.298. The molecule has 37 heavy (non-hydrogen) atoms. The van der Waals surface area contributed by atoms with Gasteiger partial charge in [-0.05, 0) is 60.4 Å². The number of carbonyl (C=O) groups excluding carboxylic acids is 2. The third-order valence-corrected chi connectivity index (χ3v) is 6.69. The van der Waals surface area contributed by atoms with E-state index in [-0.39, 0.29) is 29.1 Å². The largest absolute Gasteiger partial charge is 0.497 e. The zero-order chi connectivity index (χ0) is 27.4. The summed E-state index contributed by atoms with van der Waals surface area (Å²) < 4.78 is 16.2. The van der Waals surface area contributed by atoms with Gasteiger partial charge in [-0.1, -0.05) is 65.2 Å². The number of rotatable bonds is 14. The molecule has 1 N–H and O–H groups in total. The molecule has 0 aliphatic carbocycles. The fraction of sp³-hybridized carbons (Fsp3) is 0.548. The summed E-state index contributed by atoms with van der Waals surface area (Å²) >= 11 is 0. The van der Waals surface area contributed by atoms with Gasteiger partial charge in [0.15, 0.2) is 0 Å². The van der Waals surface area contributed by atoms with E-state index in [0.29, 0.717) is 19.4 Å². The van der Waals surface area contributed by atoms with Crippen LogP contribution < -0.4 is 14.8 Å². The van der Waals surface area contributed by atoms with Gasteiger partial charge in [0.25, 0.3) is 0 Å². The van der Waals surface area contributed by atoms with Crippen LogP contribution in [0.2, 0.25) is 0 Å². The molecule has 0 bridgehead atoms. The van der Waals surface area contributed by atoms with Gasteiger partial charge in [-0.2, -0.15) is 0 Å². The Balaban J connectivity index is 2.37. The lowest BCUT2D eigenvalue weighted by Gasteiger charge is -2.37. The molecule has 2 aromatic rings. The van der Waals surface area contributed by atoms with E-state index in [2.05, 4.69) is 33.0 Å². The maximum atomic E-state index is 13.9. The first-order valence-electron chi connectivity index (χ1n) is 13.4. The van der Waals surface area contributed by atoms with Crippen molar-refractivity contribution in [1.82, 2.24) is 0 Å². The minimum Gasteiger partial charge on any atom is -0.497 e. The molecule has 0 aromatic heterocycles. The summed E-state index contributed by atoms with van der Waals surface area (Å²) in [6, 6.07) is 13.6. The van der Waals surface area contributed by atoms with Crippen molar-refractivity contribution in [3.63, 3.8) is 0 Å². The predicted molar refractivity (Wildman–Crippen MR) is 149 cm³/mol. The van der Waals surface area contributed by atoms with Crippen LogP contribution in [0.25, 0.3) is 0 Å². The van der Waals surface area contributed by atoms with Crippen LogP contribution >= 0.6 is 0 Å². The van der Waals surface area contributed by atoms with Crippen LogP contribution in [0.3, 0.4) is 0 Å². The van der Waals surface area contributed by atoms with Crippen molar-refractivity contribution in [3.8, 4) is 11.5 Å². The Morgan fingerprint density at radius 3 is 2.35 bits per heavy atom. The van der Waals surface area contributed by atoms with E-state index in [9.17, 15) is 9.59 Å². The molecule has 2 rings (SSSR count). The number of esters is 1. The van der Waals surface area contributed by atoms with Gasteiger partial charge in [0.2, 0.25) is 5.91 Å². The summed E-state index contributed by atoms with van der Waals surface area (Å²) in [6.07, 6.45) is 5.00. The quantitative estimate of drug-likeness (QED) is 0.215. The van der Waals surface area contributed by atoms with Crippen LogP contribution in [0, 0.1) is 11.3 Å². The molecule has 0 saturated heterocycles. The number of unbranched alkanes of at least 4 members (excludes halogenated alkanes) is 2. The van der Waals surface area contributed by atoms with Crippen molar-refractivity contribution in [2.24, 2.45) is 11.3 Å². The number of hydrogen-bond donors (Lipinski definition) is 1. The van der Waals surface area contributed by atoms with Gasteiger partial charge in [-0.3, -0.25) is 9.59 Å². The highest BCUT2D eigenvalue weighted by molar-refractivity contribution is 5.94. The molecule has 0 heterocycles. The molecular formula is C31H45NO5. The van der Waals surface area contributed by atoms with Crippen molar-refractivity contribution < 1.29 is 23.8 Å². The van der Waals surface area contributed by atoms with Gasteiger partial charge in [0, 0.05) is 18.2 Å². The number of aryl methyl sites for hydroxylation is 1. The van der Waals surface area contributed by atoms with E-state index in [1.165, 1.54) is 0 Å². The number of anilines is 1. The van der Waals surface area contributed by atoms with Crippen LogP contribution in [-0.2, 0) is 20.7 Å². The topological polar surface area (TPSA) is 73.9 Å². The Morgan fingerprint density at radius 1 is 0.973 bits per heavy atom. The molecule has 0 spiro atoms.